The van der Waals surface area contributed by atoms with E-state index in [0.29, 0.717) is 24.2 Å². The second-order valence-corrected chi connectivity index (χ2v) is 6.79. The molecule has 0 saturated carbocycles. The zero-order valence-electron chi connectivity index (χ0n) is 13.2. The predicted molar refractivity (Wildman–Crippen MR) is 85.7 cm³/mol. The first-order chi connectivity index (χ1) is 11.6. The highest BCUT2D eigenvalue weighted by Gasteiger charge is 2.31. The molecule has 2 saturated heterocycles. The smallest absolute Gasteiger partial charge is 0.251 e. The average Bonchev–Trinajstić information content (AvgIpc) is 3.04. The van der Waals surface area contributed by atoms with E-state index in [9.17, 15) is 13.6 Å². The summed E-state index contributed by atoms with van der Waals surface area (Å²) >= 11 is 1.36. The van der Waals surface area contributed by atoms with Gasteiger partial charge in [0.2, 0.25) is 5.91 Å². The van der Waals surface area contributed by atoms with E-state index in [4.69, 9.17) is 9.47 Å². The highest BCUT2D eigenvalue weighted by Crippen LogP contribution is 2.29. The van der Waals surface area contributed by atoms with Crippen LogP contribution in [0.15, 0.2) is 5.38 Å². The van der Waals surface area contributed by atoms with Gasteiger partial charge in [-0.1, -0.05) is 0 Å². The number of thiazole rings is 1. The number of hydrogen-bond donors (Lipinski definition) is 1. The Morgan fingerprint density at radius 3 is 2.92 bits per heavy atom. The summed E-state index contributed by atoms with van der Waals surface area (Å²) in [6.07, 6.45) is -0.621. The van der Waals surface area contributed by atoms with Gasteiger partial charge in [-0.25, -0.2) is 13.8 Å². The second-order valence-electron chi connectivity index (χ2n) is 5.93. The number of anilines is 1. The van der Waals surface area contributed by atoms with Crippen LogP contribution in [0.5, 0.6) is 0 Å². The van der Waals surface area contributed by atoms with Crippen LogP contribution in [0, 0.1) is 0 Å². The Morgan fingerprint density at radius 1 is 1.38 bits per heavy atom. The van der Waals surface area contributed by atoms with E-state index in [2.05, 4.69) is 10.3 Å². The molecule has 1 aromatic heterocycles. The van der Waals surface area contributed by atoms with Crippen molar-refractivity contribution in [3.63, 3.8) is 0 Å². The third kappa shape index (κ3) is 4.47. The first kappa shape index (κ1) is 17.7. The van der Waals surface area contributed by atoms with Gasteiger partial charge >= 0.3 is 0 Å². The quantitative estimate of drug-likeness (QED) is 0.868. The summed E-state index contributed by atoms with van der Waals surface area (Å²) in [5.41, 5.74) is 0.961. The fourth-order valence-corrected chi connectivity index (χ4v) is 3.78. The zero-order valence-corrected chi connectivity index (χ0v) is 14.1. The van der Waals surface area contributed by atoms with Crippen molar-refractivity contribution in [2.75, 3.05) is 44.8 Å². The number of rotatable bonds is 5. The maximum Gasteiger partial charge on any atom is 0.251 e. The van der Waals surface area contributed by atoms with Crippen molar-refractivity contribution < 1.29 is 23.0 Å². The number of nitrogens with one attached hydrogen (secondary N) is 1. The number of nitrogens with zero attached hydrogens (tertiary/aromatic N) is 2. The number of carbonyl (C=O) groups is 1. The number of morpholine rings is 1. The third-order valence-corrected chi connectivity index (χ3v) is 5.08. The minimum absolute atomic E-state index is 0.122. The molecule has 0 spiro atoms. The van der Waals surface area contributed by atoms with Gasteiger partial charge in [0, 0.05) is 31.1 Å². The summed E-state index contributed by atoms with van der Waals surface area (Å²) in [6, 6.07) is -0.705. The Bertz CT molecular complexity index is 552. The molecule has 9 heteroatoms. The van der Waals surface area contributed by atoms with Gasteiger partial charge in [-0.2, -0.15) is 0 Å². The lowest BCUT2D eigenvalue weighted by molar-refractivity contribution is -0.128. The number of amides is 1. The molecule has 0 radical (unpaired) electrons. The van der Waals surface area contributed by atoms with E-state index < -0.39 is 19.0 Å². The van der Waals surface area contributed by atoms with Gasteiger partial charge in [0.1, 0.15) is 6.04 Å². The maximum absolute atomic E-state index is 12.7. The van der Waals surface area contributed by atoms with E-state index >= 15 is 0 Å². The Hall–Kier alpha value is -1.16. The lowest BCUT2D eigenvalue weighted by Crippen LogP contribution is -2.53. The van der Waals surface area contributed by atoms with Crippen LogP contribution in [-0.4, -0.2) is 67.8 Å². The normalized spacial score (nSPS) is 23.5. The molecule has 0 aromatic carbocycles. The van der Waals surface area contributed by atoms with Crippen molar-refractivity contribution in [2.24, 2.45) is 0 Å². The van der Waals surface area contributed by atoms with E-state index in [1.165, 1.54) is 16.2 Å². The number of halogens is 2. The molecule has 24 heavy (non-hydrogen) atoms. The van der Waals surface area contributed by atoms with Crippen molar-refractivity contribution in [3.8, 4) is 0 Å². The van der Waals surface area contributed by atoms with Gasteiger partial charge in [0.25, 0.3) is 6.43 Å². The summed E-state index contributed by atoms with van der Waals surface area (Å²) in [5, 5.41) is 5.19. The van der Waals surface area contributed by atoms with Crippen LogP contribution < -0.4 is 5.32 Å². The SMILES string of the molecule is O=C(Nc1nc(C2CCOCC2)cs1)C1COCCN1CC(F)F. The Balaban J connectivity index is 1.60. The van der Waals surface area contributed by atoms with Crippen molar-refractivity contribution in [2.45, 2.75) is 31.2 Å². The molecule has 2 aliphatic heterocycles. The maximum atomic E-state index is 12.7. The average molecular weight is 361 g/mol. The second kappa shape index (κ2) is 8.28. The van der Waals surface area contributed by atoms with Crippen molar-refractivity contribution in [1.29, 1.82) is 0 Å². The van der Waals surface area contributed by atoms with E-state index in [1.54, 1.807) is 0 Å². The van der Waals surface area contributed by atoms with Crippen LogP contribution in [0.2, 0.25) is 0 Å². The molecular formula is C15H21F2N3O3S. The Morgan fingerprint density at radius 2 is 2.17 bits per heavy atom. The molecule has 1 unspecified atom stereocenters. The number of alkyl halides is 2. The van der Waals surface area contributed by atoms with Crippen molar-refractivity contribution >= 4 is 22.4 Å². The first-order valence-corrected chi connectivity index (χ1v) is 8.95. The summed E-state index contributed by atoms with van der Waals surface area (Å²) < 4.78 is 35.9. The zero-order chi connectivity index (χ0) is 16.9. The molecule has 3 rings (SSSR count). The van der Waals surface area contributed by atoms with Gasteiger partial charge < -0.3 is 14.8 Å². The number of hydrogen-bond acceptors (Lipinski definition) is 6. The molecule has 0 aliphatic carbocycles. The summed E-state index contributed by atoms with van der Waals surface area (Å²) in [7, 11) is 0. The summed E-state index contributed by atoms with van der Waals surface area (Å²) in [5.74, 6) is 0.0113. The van der Waals surface area contributed by atoms with E-state index in [0.717, 1.165) is 31.7 Å². The minimum Gasteiger partial charge on any atom is -0.381 e. The van der Waals surface area contributed by atoms with E-state index in [-0.39, 0.29) is 12.5 Å². The molecular weight excluding hydrogens is 340 g/mol. The van der Waals surface area contributed by atoms with Crippen LogP contribution in [0.3, 0.4) is 0 Å². The van der Waals surface area contributed by atoms with Crippen LogP contribution in [0.1, 0.15) is 24.5 Å². The van der Waals surface area contributed by atoms with Gasteiger partial charge in [0.05, 0.1) is 25.5 Å². The van der Waals surface area contributed by atoms with Gasteiger partial charge in [0.15, 0.2) is 5.13 Å². The third-order valence-electron chi connectivity index (χ3n) is 4.31. The molecule has 1 aromatic rings. The molecule has 1 amide bonds. The molecule has 1 atom stereocenters. The molecule has 2 fully saturated rings. The fraction of sp³-hybridized carbons (Fsp3) is 0.733. The fourth-order valence-electron chi connectivity index (χ4n) is 2.99. The molecule has 134 valence electrons. The Kier molecular flexibility index (Phi) is 6.09. The number of aromatic nitrogens is 1. The topological polar surface area (TPSA) is 63.7 Å². The number of ether oxygens (including phenoxy) is 2. The highest BCUT2D eigenvalue weighted by atomic mass is 32.1. The van der Waals surface area contributed by atoms with Crippen LogP contribution in [-0.2, 0) is 14.3 Å². The largest absolute Gasteiger partial charge is 0.381 e. The Labute approximate surface area is 143 Å². The standard InChI is InChI=1S/C15H21F2N3O3S/c16-13(17)7-20-3-6-23-8-12(20)14(21)19-15-18-11(9-24-15)10-1-4-22-5-2-10/h9-10,12-13H,1-8H2,(H,18,19,21). The minimum atomic E-state index is -2.47. The molecule has 1 N–H and O–H groups in total. The van der Waals surface area contributed by atoms with Gasteiger partial charge in [-0.15, -0.1) is 11.3 Å². The molecule has 2 aliphatic rings. The monoisotopic (exact) mass is 361 g/mol. The van der Waals surface area contributed by atoms with Crippen molar-refractivity contribution in [3.05, 3.63) is 11.1 Å². The number of carbonyl (C=O) groups excluding carboxylic acids is 1. The highest BCUT2D eigenvalue weighted by molar-refractivity contribution is 7.13. The summed E-state index contributed by atoms with van der Waals surface area (Å²) in [6.45, 7) is 1.84. The van der Waals surface area contributed by atoms with Crippen LogP contribution >= 0.6 is 11.3 Å². The first-order valence-electron chi connectivity index (χ1n) is 8.07. The van der Waals surface area contributed by atoms with E-state index in [1.807, 2.05) is 5.38 Å². The van der Waals surface area contributed by atoms with Crippen molar-refractivity contribution in [1.82, 2.24) is 9.88 Å². The lowest BCUT2D eigenvalue weighted by atomic mass is 9.98. The van der Waals surface area contributed by atoms with Crippen LogP contribution in [0.4, 0.5) is 13.9 Å². The molecule has 6 nitrogen and oxygen atoms in total. The van der Waals surface area contributed by atoms with Gasteiger partial charge in [-0.3, -0.25) is 9.69 Å². The molecule has 3 heterocycles. The van der Waals surface area contributed by atoms with Gasteiger partial charge in [-0.05, 0) is 12.8 Å². The summed E-state index contributed by atoms with van der Waals surface area (Å²) in [4.78, 5) is 18.4. The lowest BCUT2D eigenvalue weighted by Gasteiger charge is -2.33. The molecule has 0 bridgehead atoms. The predicted octanol–water partition coefficient (Wildman–Crippen LogP) is 1.94. The van der Waals surface area contributed by atoms with Crippen LogP contribution in [0.25, 0.3) is 0 Å².